The van der Waals surface area contributed by atoms with E-state index < -0.39 is 0 Å². The van der Waals surface area contributed by atoms with E-state index in [1.807, 2.05) is 47.8 Å². The first kappa shape index (κ1) is 12.5. The van der Waals surface area contributed by atoms with Crippen LogP contribution in [0.4, 0.5) is 5.69 Å². The molecule has 1 heterocycles. The molecule has 0 N–H and O–H groups in total. The monoisotopic (exact) mass is 258 g/mol. The highest BCUT2D eigenvalue weighted by Gasteiger charge is 2.16. The van der Waals surface area contributed by atoms with Gasteiger partial charge in [0, 0.05) is 14.1 Å². The minimum atomic E-state index is -0.0821. The van der Waals surface area contributed by atoms with Crippen molar-refractivity contribution in [1.82, 2.24) is 4.90 Å². The van der Waals surface area contributed by atoms with Gasteiger partial charge in [-0.2, -0.15) is 0 Å². The van der Waals surface area contributed by atoms with Crippen molar-refractivity contribution in [3.05, 3.63) is 52.7 Å². The first-order valence-electron chi connectivity index (χ1n) is 5.58. The van der Waals surface area contributed by atoms with Crippen molar-refractivity contribution < 1.29 is 4.79 Å². The van der Waals surface area contributed by atoms with Crippen LogP contribution in [0.2, 0.25) is 0 Å². The van der Waals surface area contributed by atoms with Gasteiger partial charge in [-0.3, -0.25) is 4.79 Å². The predicted molar refractivity (Wildman–Crippen MR) is 75.7 cm³/mol. The van der Waals surface area contributed by atoms with Crippen molar-refractivity contribution >= 4 is 28.6 Å². The van der Waals surface area contributed by atoms with Crippen molar-refractivity contribution in [1.29, 1.82) is 0 Å². The number of para-hydroxylation sites is 1. The van der Waals surface area contributed by atoms with E-state index in [9.17, 15) is 4.79 Å². The lowest BCUT2D eigenvalue weighted by atomic mass is 10.2. The van der Waals surface area contributed by atoms with E-state index in [1.54, 1.807) is 19.0 Å². The van der Waals surface area contributed by atoms with Crippen LogP contribution in [0.1, 0.15) is 4.88 Å². The Balaban J connectivity index is 2.43. The molecule has 1 aromatic heterocycles. The van der Waals surface area contributed by atoms with Gasteiger partial charge in [0.05, 0.1) is 10.6 Å². The lowest BCUT2D eigenvalue weighted by molar-refractivity contribution is -0.121. The molecule has 2 rings (SSSR count). The molecule has 0 fully saturated rings. The summed E-state index contributed by atoms with van der Waals surface area (Å²) in [6.45, 7) is 0. The Morgan fingerprint density at radius 1 is 1.11 bits per heavy atom. The zero-order chi connectivity index (χ0) is 13.0. The molecule has 0 saturated carbocycles. The molecule has 0 unspecified atom stereocenters. The van der Waals surface area contributed by atoms with Crippen LogP contribution in [0.5, 0.6) is 0 Å². The van der Waals surface area contributed by atoms with Gasteiger partial charge in [-0.05, 0) is 23.6 Å². The van der Waals surface area contributed by atoms with E-state index in [2.05, 4.69) is 4.99 Å². The number of benzene rings is 1. The number of thiophene rings is 1. The Morgan fingerprint density at radius 2 is 1.83 bits per heavy atom. The maximum Gasteiger partial charge on any atom is 0.273 e. The van der Waals surface area contributed by atoms with Gasteiger partial charge in [0.15, 0.2) is 0 Å². The molecule has 3 nitrogen and oxygen atoms in total. The van der Waals surface area contributed by atoms with Crippen LogP contribution in [0.3, 0.4) is 0 Å². The van der Waals surface area contributed by atoms with Crippen molar-refractivity contribution in [2.45, 2.75) is 0 Å². The minimum Gasteiger partial charge on any atom is -0.343 e. The summed E-state index contributed by atoms with van der Waals surface area (Å²) >= 11 is 1.52. The predicted octanol–water partition coefficient (Wildman–Crippen LogP) is 2.96. The van der Waals surface area contributed by atoms with Crippen molar-refractivity contribution in [3.63, 3.8) is 0 Å². The first-order chi connectivity index (χ1) is 8.68. The third-order valence-corrected chi connectivity index (χ3v) is 3.24. The number of likely N-dealkylation sites (N-methyl/N-ethyl adjacent to an activating group) is 1. The molecule has 92 valence electrons. The van der Waals surface area contributed by atoms with Crippen molar-refractivity contribution in [2.24, 2.45) is 4.99 Å². The van der Waals surface area contributed by atoms with E-state index in [1.165, 1.54) is 11.3 Å². The van der Waals surface area contributed by atoms with Gasteiger partial charge in [0.2, 0.25) is 0 Å². The standard InChI is InChI=1S/C14H14N2OS/c1-16(2)14(17)13(12-9-6-10-18-12)15-11-7-4-3-5-8-11/h3-10H,1-2H3. The number of rotatable bonds is 3. The van der Waals surface area contributed by atoms with Crippen LogP contribution in [0.15, 0.2) is 52.8 Å². The topological polar surface area (TPSA) is 32.7 Å². The highest BCUT2D eigenvalue weighted by Crippen LogP contribution is 2.17. The maximum atomic E-state index is 12.1. The minimum absolute atomic E-state index is 0.0821. The number of aliphatic imine (C=N–C) groups is 1. The van der Waals surface area contributed by atoms with E-state index >= 15 is 0 Å². The quantitative estimate of drug-likeness (QED) is 0.779. The third-order valence-electron chi connectivity index (χ3n) is 2.36. The van der Waals surface area contributed by atoms with E-state index in [4.69, 9.17) is 0 Å². The average molecular weight is 258 g/mol. The molecule has 1 aromatic carbocycles. The third kappa shape index (κ3) is 2.84. The van der Waals surface area contributed by atoms with Crippen LogP contribution in [0.25, 0.3) is 0 Å². The van der Waals surface area contributed by atoms with Gasteiger partial charge < -0.3 is 4.90 Å². The van der Waals surface area contributed by atoms with Crippen LogP contribution < -0.4 is 0 Å². The van der Waals surface area contributed by atoms with Crippen LogP contribution >= 0.6 is 11.3 Å². The number of hydrogen-bond donors (Lipinski definition) is 0. The van der Waals surface area contributed by atoms with Crippen LogP contribution in [0, 0.1) is 0 Å². The molecule has 0 bridgehead atoms. The molecule has 0 aliphatic rings. The molecule has 0 saturated heterocycles. The Hall–Kier alpha value is -1.94. The van der Waals surface area contributed by atoms with Crippen LogP contribution in [-0.4, -0.2) is 30.6 Å². The van der Waals surface area contributed by atoms with Gasteiger partial charge in [0.25, 0.3) is 5.91 Å². The second-order valence-electron chi connectivity index (χ2n) is 3.97. The normalized spacial score (nSPS) is 11.3. The zero-order valence-electron chi connectivity index (χ0n) is 10.3. The highest BCUT2D eigenvalue weighted by atomic mass is 32.1. The fraction of sp³-hybridized carbons (Fsp3) is 0.143. The summed E-state index contributed by atoms with van der Waals surface area (Å²) in [5.41, 5.74) is 1.28. The van der Waals surface area contributed by atoms with Crippen LogP contribution in [-0.2, 0) is 4.79 Å². The summed E-state index contributed by atoms with van der Waals surface area (Å²) in [5, 5.41) is 1.94. The fourth-order valence-electron chi connectivity index (χ4n) is 1.47. The lowest BCUT2D eigenvalue weighted by Gasteiger charge is -2.11. The summed E-state index contributed by atoms with van der Waals surface area (Å²) < 4.78 is 0. The second kappa shape index (κ2) is 5.60. The molecular formula is C14H14N2OS. The Labute approximate surface area is 110 Å². The number of hydrogen-bond acceptors (Lipinski definition) is 3. The molecule has 4 heteroatoms. The number of amides is 1. The van der Waals surface area contributed by atoms with Gasteiger partial charge in [-0.15, -0.1) is 11.3 Å². The maximum absolute atomic E-state index is 12.1. The largest absolute Gasteiger partial charge is 0.343 e. The highest BCUT2D eigenvalue weighted by molar-refractivity contribution is 7.13. The van der Waals surface area contributed by atoms with Gasteiger partial charge >= 0.3 is 0 Å². The average Bonchev–Trinajstić information content (AvgIpc) is 2.90. The Kier molecular flexibility index (Phi) is 3.89. The molecular weight excluding hydrogens is 244 g/mol. The van der Waals surface area contributed by atoms with Gasteiger partial charge in [-0.1, -0.05) is 24.3 Å². The summed E-state index contributed by atoms with van der Waals surface area (Å²) in [5.74, 6) is -0.0821. The second-order valence-corrected chi connectivity index (χ2v) is 4.92. The molecule has 0 aliphatic heterocycles. The SMILES string of the molecule is CN(C)C(=O)C(=Nc1ccccc1)c1cccs1. The number of carbonyl (C=O) groups is 1. The Bertz CT molecular complexity index is 544. The van der Waals surface area contributed by atoms with E-state index in [0.29, 0.717) is 5.71 Å². The number of carbonyl (C=O) groups excluding carboxylic acids is 1. The van der Waals surface area contributed by atoms with Crippen molar-refractivity contribution in [2.75, 3.05) is 14.1 Å². The van der Waals surface area contributed by atoms with E-state index in [-0.39, 0.29) is 5.91 Å². The molecule has 0 radical (unpaired) electrons. The Morgan fingerprint density at radius 3 is 2.39 bits per heavy atom. The molecule has 0 atom stereocenters. The van der Waals surface area contributed by atoms with Gasteiger partial charge in [0.1, 0.15) is 5.71 Å². The molecule has 0 spiro atoms. The molecule has 1 amide bonds. The van der Waals surface area contributed by atoms with E-state index in [0.717, 1.165) is 10.6 Å². The summed E-state index contributed by atoms with van der Waals surface area (Å²) in [6, 6.07) is 13.3. The smallest absolute Gasteiger partial charge is 0.273 e. The molecule has 0 aliphatic carbocycles. The van der Waals surface area contributed by atoms with Crippen molar-refractivity contribution in [3.8, 4) is 0 Å². The zero-order valence-corrected chi connectivity index (χ0v) is 11.1. The fourth-order valence-corrected chi connectivity index (χ4v) is 2.17. The number of nitrogens with zero attached hydrogens (tertiary/aromatic N) is 2. The van der Waals surface area contributed by atoms with Gasteiger partial charge in [-0.25, -0.2) is 4.99 Å². The summed E-state index contributed by atoms with van der Waals surface area (Å²) in [7, 11) is 3.47. The summed E-state index contributed by atoms with van der Waals surface area (Å²) in [6.07, 6.45) is 0. The summed E-state index contributed by atoms with van der Waals surface area (Å²) in [4.78, 5) is 19.0. The lowest BCUT2D eigenvalue weighted by Crippen LogP contribution is -2.30. The molecule has 2 aromatic rings. The first-order valence-corrected chi connectivity index (χ1v) is 6.45. The molecule has 18 heavy (non-hydrogen) atoms.